The Bertz CT molecular complexity index is 670. The minimum atomic E-state index is -1.15. The molecule has 3 N–H and O–H groups in total. The van der Waals surface area contributed by atoms with E-state index in [1.807, 2.05) is 0 Å². The van der Waals surface area contributed by atoms with Gasteiger partial charge in [0, 0.05) is 18.2 Å². The second-order valence-electron chi connectivity index (χ2n) is 6.78. The van der Waals surface area contributed by atoms with Crippen LogP contribution in [0.1, 0.15) is 37.8 Å². The largest absolute Gasteiger partial charge is 0.386 e. The highest BCUT2D eigenvalue weighted by atomic mass is 16.5. The van der Waals surface area contributed by atoms with Crippen LogP contribution < -0.4 is 16.6 Å². The van der Waals surface area contributed by atoms with Gasteiger partial charge in [-0.25, -0.2) is 4.79 Å². The van der Waals surface area contributed by atoms with Crippen molar-refractivity contribution in [2.75, 3.05) is 19.7 Å². The first-order valence-electron chi connectivity index (χ1n) is 7.72. The van der Waals surface area contributed by atoms with Gasteiger partial charge in [-0.3, -0.25) is 14.3 Å². The molecule has 0 radical (unpaired) electrons. The Labute approximate surface area is 128 Å². The number of H-pyrrole nitrogens is 1. The molecule has 122 valence electrons. The lowest BCUT2D eigenvalue weighted by Crippen LogP contribution is -2.58. The van der Waals surface area contributed by atoms with Gasteiger partial charge in [0.25, 0.3) is 5.56 Å². The van der Waals surface area contributed by atoms with Crippen LogP contribution in [0.25, 0.3) is 0 Å². The molecule has 3 heterocycles. The summed E-state index contributed by atoms with van der Waals surface area (Å²) in [6.07, 6.45) is 3.82. The number of hydrogen-bond donors (Lipinski definition) is 3. The molecule has 0 aromatic carbocycles. The fourth-order valence-corrected chi connectivity index (χ4v) is 3.47. The highest BCUT2D eigenvalue weighted by Crippen LogP contribution is 2.42. The molecular formula is C15H23N3O4. The number of nitrogens with one attached hydrogen (secondary N) is 2. The summed E-state index contributed by atoms with van der Waals surface area (Å²) in [5, 5.41) is 14.0. The maximum absolute atomic E-state index is 12.2. The van der Waals surface area contributed by atoms with Crippen molar-refractivity contribution in [1.29, 1.82) is 0 Å². The average Bonchev–Trinajstić information content (AvgIpc) is 2.47. The molecule has 0 saturated carbocycles. The zero-order valence-corrected chi connectivity index (χ0v) is 13.0. The topological polar surface area (TPSA) is 96.3 Å². The molecule has 1 spiro atoms. The second-order valence-corrected chi connectivity index (χ2v) is 6.78. The zero-order valence-electron chi connectivity index (χ0n) is 13.0. The van der Waals surface area contributed by atoms with Gasteiger partial charge in [0.1, 0.15) is 5.60 Å². The highest BCUT2D eigenvalue weighted by Gasteiger charge is 2.48. The Kier molecular flexibility index (Phi) is 3.74. The smallest absolute Gasteiger partial charge is 0.328 e. The normalized spacial score (nSPS) is 31.3. The summed E-state index contributed by atoms with van der Waals surface area (Å²) in [6, 6.07) is -0.414. The Morgan fingerprint density at radius 1 is 1.36 bits per heavy atom. The van der Waals surface area contributed by atoms with Crippen LogP contribution in [0.5, 0.6) is 0 Å². The summed E-state index contributed by atoms with van der Waals surface area (Å²) >= 11 is 0. The molecule has 0 amide bonds. The van der Waals surface area contributed by atoms with Crippen LogP contribution in [0.15, 0.2) is 15.8 Å². The van der Waals surface area contributed by atoms with E-state index in [0.29, 0.717) is 12.0 Å². The average molecular weight is 309 g/mol. The first kappa shape index (κ1) is 15.5. The fraction of sp³-hybridized carbons (Fsp3) is 0.733. The van der Waals surface area contributed by atoms with Crippen molar-refractivity contribution >= 4 is 0 Å². The number of hydrogen-bond acceptors (Lipinski definition) is 5. The number of aromatic nitrogens is 2. The van der Waals surface area contributed by atoms with E-state index in [1.165, 1.54) is 4.57 Å². The van der Waals surface area contributed by atoms with E-state index < -0.39 is 17.3 Å². The Hall–Kier alpha value is -1.44. The summed E-state index contributed by atoms with van der Waals surface area (Å²) in [4.78, 5) is 26.1. The van der Waals surface area contributed by atoms with Gasteiger partial charge in [-0.05, 0) is 39.8 Å². The number of aromatic amines is 1. The molecule has 7 nitrogen and oxygen atoms in total. The van der Waals surface area contributed by atoms with E-state index >= 15 is 0 Å². The van der Waals surface area contributed by atoms with Crippen molar-refractivity contribution in [3.63, 3.8) is 0 Å². The number of aliphatic hydroxyl groups is 1. The van der Waals surface area contributed by atoms with Crippen molar-refractivity contribution in [3.05, 3.63) is 32.6 Å². The van der Waals surface area contributed by atoms with Gasteiger partial charge in [0.2, 0.25) is 0 Å². The number of piperidine rings is 1. The highest BCUT2D eigenvalue weighted by molar-refractivity contribution is 5.07. The van der Waals surface area contributed by atoms with Crippen LogP contribution >= 0.6 is 0 Å². The van der Waals surface area contributed by atoms with Crippen molar-refractivity contribution < 1.29 is 9.84 Å². The van der Waals surface area contributed by atoms with Gasteiger partial charge in [0.15, 0.2) is 0 Å². The molecular weight excluding hydrogens is 286 g/mol. The van der Waals surface area contributed by atoms with Crippen LogP contribution in [0.2, 0.25) is 0 Å². The number of aryl methyl sites for hydroxylation is 1. The second kappa shape index (κ2) is 5.33. The van der Waals surface area contributed by atoms with Gasteiger partial charge >= 0.3 is 5.69 Å². The van der Waals surface area contributed by atoms with Crippen LogP contribution in [0.3, 0.4) is 0 Å². The van der Waals surface area contributed by atoms with E-state index in [1.54, 1.807) is 20.0 Å². The van der Waals surface area contributed by atoms with Crippen molar-refractivity contribution in [1.82, 2.24) is 14.9 Å². The standard InChI is InChI=1S/C15H23N3O4/c1-10-8-18(13(20)17-12(10)19)11-7-15(3-5-16-6-4-15)22-9-14(11,2)21/h8,11,16,21H,3-7,9H2,1-2H3,(H,17,19,20)/t11-,14-/m1/s1. The Balaban J connectivity index is 2.00. The quantitative estimate of drug-likeness (QED) is 0.661. The molecule has 2 aliphatic rings. The summed E-state index contributed by atoms with van der Waals surface area (Å²) in [6.45, 7) is 5.26. The third-order valence-corrected chi connectivity index (χ3v) is 4.95. The molecule has 0 bridgehead atoms. The van der Waals surface area contributed by atoms with Crippen LogP contribution in [-0.4, -0.2) is 45.6 Å². The first-order valence-corrected chi connectivity index (χ1v) is 7.72. The molecule has 0 aliphatic carbocycles. The number of nitrogens with zero attached hydrogens (tertiary/aromatic N) is 1. The SMILES string of the molecule is Cc1cn([C@@H]2CC3(CCNCC3)OC[C@@]2(C)O)c(=O)[nH]c1=O. The summed E-state index contributed by atoms with van der Waals surface area (Å²) < 4.78 is 7.45. The Morgan fingerprint density at radius 2 is 2.05 bits per heavy atom. The predicted octanol–water partition coefficient (Wildman–Crippen LogP) is -0.320. The van der Waals surface area contributed by atoms with Crippen LogP contribution in [-0.2, 0) is 4.74 Å². The lowest BCUT2D eigenvalue weighted by atomic mass is 9.77. The molecule has 2 saturated heterocycles. The van der Waals surface area contributed by atoms with E-state index in [0.717, 1.165) is 25.9 Å². The predicted molar refractivity (Wildman–Crippen MR) is 81.1 cm³/mol. The van der Waals surface area contributed by atoms with E-state index in [9.17, 15) is 14.7 Å². The van der Waals surface area contributed by atoms with Crippen molar-refractivity contribution in [2.24, 2.45) is 0 Å². The van der Waals surface area contributed by atoms with E-state index in [4.69, 9.17) is 4.74 Å². The summed E-state index contributed by atoms with van der Waals surface area (Å²) in [5.74, 6) is 0. The lowest BCUT2D eigenvalue weighted by molar-refractivity contribution is -0.195. The number of rotatable bonds is 1. The van der Waals surface area contributed by atoms with Gasteiger partial charge in [0.05, 0.1) is 18.2 Å². The molecule has 1 aromatic heterocycles. The van der Waals surface area contributed by atoms with Crippen molar-refractivity contribution in [2.45, 2.75) is 50.4 Å². The Morgan fingerprint density at radius 3 is 2.73 bits per heavy atom. The monoisotopic (exact) mass is 309 g/mol. The minimum absolute atomic E-state index is 0.183. The first-order chi connectivity index (χ1) is 10.3. The fourth-order valence-electron chi connectivity index (χ4n) is 3.47. The van der Waals surface area contributed by atoms with Gasteiger partial charge < -0.3 is 15.2 Å². The molecule has 2 aliphatic heterocycles. The third kappa shape index (κ3) is 2.64. The summed E-state index contributed by atoms with van der Waals surface area (Å²) in [5.41, 5.74) is -1.86. The van der Waals surface area contributed by atoms with Gasteiger partial charge in [-0.2, -0.15) is 0 Å². The van der Waals surface area contributed by atoms with E-state index in [2.05, 4.69) is 10.3 Å². The lowest BCUT2D eigenvalue weighted by Gasteiger charge is -2.49. The third-order valence-electron chi connectivity index (χ3n) is 4.95. The molecule has 3 rings (SSSR count). The van der Waals surface area contributed by atoms with Crippen LogP contribution in [0.4, 0.5) is 0 Å². The van der Waals surface area contributed by atoms with E-state index in [-0.39, 0.29) is 17.8 Å². The van der Waals surface area contributed by atoms with Crippen molar-refractivity contribution in [3.8, 4) is 0 Å². The number of ether oxygens (including phenoxy) is 1. The maximum atomic E-state index is 12.2. The molecule has 2 atom stereocenters. The molecule has 7 heteroatoms. The molecule has 1 aromatic rings. The van der Waals surface area contributed by atoms with Gasteiger partial charge in [-0.15, -0.1) is 0 Å². The summed E-state index contributed by atoms with van der Waals surface area (Å²) in [7, 11) is 0. The van der Waals surface area contributed by atoms with Gasteiger partial charge in [-0.1, -0.05) is 0 Å². The molecule has 2 fully saturated rings. The molecule has 22 heavy (non-hydrogen) atoms. The van der Waals surface area contributed by atoms with Crippen LogP contribution in [0, 0.1) is 6.92 Å². The zero-order chi connectivity index (χ0) is 16.0. The maximum Gasteiger partial charge on any atom is 0.328 e. The molecule has 0 unspecified atom stereocenters. The minimum Gasteiger partial charge on any atom is -0.386 e.